The van der Waals surface area contributed by atoms with Crippen molar-refractivity contribution in [2.45, 2.75) is 45.6 Å². The average molecular weight is 367 g/mol. The van der Waals surface area contributed by atoms with Crippen molar-refractivity contribution >= 4 is 27.7 Å². The van der Waals surface area contributed by atoms with Crippen LogP contribution in [0.1, 0.15) is 40.0 Å². The predicted molar refractivity (Wildman–Crippen MR) is 90.1 cm³/mol. The largest absolute Gasteiger partial charge is 0.350 e. The van der Waals surface area contributed by atoms with Crippen molar-refractivity contribution in [3.05, 3.63) is 10.1 Å². The molecule has 2 amide bonds. The lowest BCUT2D eigenvalue weighted by Gasteiger charge is -2.44. The van der Waals surface area contributed by atoms with Crippen molar-refractivity contribution in [3.63, 3.8) is 0 Å². The third kappa shape index (κ3) is 3.38. The second-order valence-corrected chi connectivity index (χ2v) is 7.47. The number of halogens is 1. The van der Waals surface area contributed by atoms with Crippen LogP contribution in [0.3, 0.4) is 0 Å². The average Bonchev–Trinajstić information content (AvgIpc) is 3.16. The van der Waals surface area contributed by atoms with E-state index >= 15 is 0 Å². The molecule has 0 radical (unpaired) electrons. The highest BCUT2D eigenvalue weighted by Gasteiger charge is 2.55. The second-order valence-electron chi connectivity index (χ2n) is 6.68. The molecule has 0 unspecified atom stereocenters. The molecule has 0 spiro atoms. The maximum Gasteiger partial charge on any atom is 0.260 e. The van der Waals surface area contributed by atoms with Crippen LogP contribution < -0.4 is 5.32 Å². The summed E-state index contributed by atoms with van der Waals surface area (Å²) in [6.45, 7) is 7.10. The first-order valence-corrected chi connectivity index (χ1v) is 8.48. The molecule has 1 aliphatic heterocycles. The minimum Gasteiger partial charge on any atom is -0.350 e. The molecule has 0 aromatic rings. The fraction of sp³-hybridized carbons (Fsp3) is 0.647. The summed E-state index contributed by atoms with van der Waals surface area (Å²) in [5.74, 6) is 2.81. The molecule has 2 aliphatic rings. The molecule has 1 heterocycles. The fourth-order valence-electron chi connectivity index (χ4n) is 2.75. The second kappa shape index (κ2) is 6.45. The first-order valence-electron chi connectivity index (χ1n) is 7.68. The number of hydrogen-bond donors (Lipinski definition) is 1. The normalized spacial score (nSPS) is 20.4. The zero-order valence-corrected chi connectivity index (χ0v) is 15.0. The van der Waals surface area contributed by atoms with Crippen molar-refractivity contribution in [2.24, 2.45) is 11.8 Å². The van der Waals surface area contributed by atoms with Gasteiger partial charge in [0, 0.05) is 36.9 Å². The van der Waals surface area contributed by atoms with E-state index in [9.17, 15) is 9.59 Å². The summed E-state index contributed by atoms with van der Waals surface area (Å²) in [4.78, 5) is 26.2. The highest BCUT2D eigenvalue weighted by Crippen LogP contribution is 2.46. The summed E-state index contributed by atoms with van der Waals surface area (Å²) in [5.41, 5.74) is 0.875. The Kier molecular flexibility index (Phi) is 5.01. The molecule has 2 rings (SSSR count). The van der Waals surface area contributed by atoms with E-state index in [0.717, 1.165) is 18.4 Å². The Bertz CT molecular complexity index is 547. The third-order valence-corrected chi connectivity index (χ3v) is 5.74. The van der Waals surface area contributed by atoms with E-state index in [2.05, 4.69) is 27.2 Å². The molecule has 1 saturated carbocycles. The van der Waals surface area contributed by atoms with Crippen LogP contribution in [-0.4, -0.2) is 35.3 Å². The van der Waals surface area contributed by atoms with Gasteiger partial charge in [-0.15, -0.1) is 12.3 Å². The van der Waals surface area contributed by atoms with E-state index < -0.39 is 0 Å². The molecule has 0 bridgehead atoms. The van der Waals surface area contributed by atoms with Crippen LogP contribution in [0.15, 0.2) is 10.1 Å². The zero-order valence-electron chi connectivity index (χ0n) is 13.4. The van der Waals surface area contributed by atoms with Crippen LogP contribution in [0, 0.1) is 24.2 Å². The summed E-state index contributed by atoms with van der Waals surface area (Å²) < 4.78 is 0.641. The third-order valence-electron chi connectivity index (χ3n) is 4.61. The van der Waals surface area contributed by atoms with Crippen molar-refractivity contribution < 1.29 is 9.59 Å². The zero-order chi connectivity index (χ0) is 16.5. The quantitative estimate of drug-likeness (QED) is 0.600. The Morgan fingerprint density at radius 3 is 2.45 bits per heavy atom. The monoisotopic (exact) mass is 366 g/mol. The summed E-state index contributed by atoms with van der Waals surface area (Å²) in [6, 6.07) is 0. The van der Waals surface area contributed by atoms with E-state index in [0.29, 0.717) is 29.9 Å². The number of hydrogen-bond acceptors (Lipinski definition) is 2. The van der Waals surface area contributed by atoms with Gasteiger partial charge in [-0.05, 0) is 42.6 Å². The minimum atomic E-state index is -0.153. The van der Waals surface area contributed by atoms with E-state index in [1.807, 2.05) is 25.7 Å². The van der Waals surface area contributed by atoms with Gasteiger partial charge in [0.2, 0.25) is 5.91 Å². The Hall–Kier alpha value is -1.28. The number of terminal acetylenes is 1. The van der Waals surface area contributed by atoms with Crippen LogP contribution in [-0.2, 0) is 9.59 Å². The molecule has 1 aliphatic carbocycles. The van der Waals surface area contributed by atoms with Gasteiger partial charge in [0.25, 0.3) is 5.91 Å². The lowest BCUT2D eigenvalue weighted by atomic mass is 9.88. The SMILES string of the molecule is C#CC[C@H](C)C(=O)NC1(C2CN(C(=O)C(Br)=C(C)C)C2)CC1. The molecular formula is C17H23BrN2O2. The number of nitrogens with zero attached hydrogens (tertiary/aromatic N) is 1. The standard InChI is InChI=1S/C17H23BrN2O2/c1-5-6-12(4)15(21)19-17(7-8-17)13-9-20(10-13)16(22)14(18)11(2)3/h1,12-13H,6-10H2,2-4H3,(H,19,21)/t12-/m0/s1. The van der Waals surface area contributed by atoms with E-state index in [1.54, 1.807) is 0 Å². The van der Waals surface area contributed by atoms with Crippen LogP contribution >= 0.6 is 15.9 Å². The van der Waals surface area contributed by atoms with Gasteiger partial charge in [-0.2, -0.15) is 0 Å². The van der Waals surface area contributed by atoms with Crippen LogP contribution in [0.25, 0.3) is 0 Å². The molecule has 1 saturated heterocycles. The predicted octanol–water partition coefficient (Wildman–Crippen LogP) is 2.44. The van der Waals surface area contributed by atoms with Gasteiger partial charge in [0.15, 0.2) is 0 Å². The summed E-state index contributed by atoms with van der Waals surface area (Å²) >= 11 is 3.35. The van der Waals surface area contributed by atoms with Gasteiger partial charge >= 0.3 is 0 Å². The summed E-state index contributed by atoms with van der Waals surface area (Å²) in [5, 5.41) is 3.17. The number of nitrogens with one attached hydrogen (secondary N) is 1. The smallest absolute Gasteiger partial charge is 0.260 e. The van der Waals surface area contributed by atoms with E-state index in [1.165, 1.54) is 0 Å². The lowest BCUT2D eigenvalue weighted by Crippen LogP contribution is -2.60. The molecule has 0 aromatic carbocycles. The van der Waals surface area contributed by atoms with Crippen molar-refractivity contribution in [2.75, 3.05) is 13.1 Å². The number of rotatable bonds is 5. The van der Waals surface area contributed by atoms with Gasteiger partial charge < -0.3 is 10.2 Å². The molecule has 5 heteroatoms. The van der Waals surface area contributed by atoms with Gasteiger partial charge in [-0.25, -0.2) is 0 Å². The molecule has 4 nitrogen and oxygen atoms in total. The Morgan fingerprint density at radius 2 is 2.00 bits per heavy atom. The van der Waals surface area contributed by atoms with Gasteiger partial charge in [-0.1, -0.05) is 12.5 Å². The molecular weight excluding hydrogens is 344 g/mol. The molecule has 1 atom stereocenters. The number of carbonyl (C=O) groups is 2. The maximum atomic E-state index is 12.2. The van der Waals surface area contributed by atoms with Gasteiger partial charge in [0.05, 0.1) is 4.48 Å². The van der Waals surface area contributed by atoms with E-state index in [-0.39, 0.29) is 23.3 Å². The number of likely N-dealkylation sites (tertiary alicyclic amines) is 1. The summed E-state index contributed by atoms with van der Waals surface area (Å²) in [6.07, 6.45) is 7.72. The van der Waals surface area contributed by atoms with Crippen LogP contribution in [0.2, 0.25) is 0 Å². The molecule has 1 N–H and O–H groups in total. The molecule has 120 valence electrons. The first-order chi connectivity index (χ1) is 10.3. The highest BCUT2D eigenvalue weighted by atomic mass is 79.9. The van der Waals surface area contributed by atoms with Crippen LogP contribution in [0.4, 0.5) is 0 Å². The lowest BCUT2D eigenvalue weighted by molar-refractivity contribution is -0.134. The summed E-state index contributed by atoms with van der Waals surface area (Å²) in [7, 11) is 0. The first kappa shape index (κ1) is 17.1. The Labute approximate surface area is 140 Å². The maximum absolute atomic E-state index is 12.2. The van der Waals surface area contributed by atoms with E-state index in [4.69, 9.17) is 6.42 Å². The van der Waals surface area contributed by atoms with Crippen molar-refractivity contribution in [3.8, 4) is 12.3 Å². The molecule has 22 heavy (non-hydrogen) atoms. The Morgan fingerprint density at radius 1 is 1.41 bits per heavy atom. The topological polar surface area (TPSA) is 49.4 Å². The Balaban J connectivity index is 1.88. The van der Waals surface area contributed by atoms with Gasteiger partial charge in [-0.3, -0.25) is 9.59 Å². The van der Waals surface area contributed by atoms with Crippen LogP contribution in [0.5, 0.6) is 0 Å². The van der Waals surface area contributed by atoms with Crippen molar-refractivity contribution in [1.82, 2.24) is 10.2 Å². The number of allylic oxidation sites excluding steroid dienone is 1. The van der Waals surface area contributed by atoms with Gasteiger partial charge in [0.1, 0.15) is 0 Å². The fourth-order valence-corrected chi connectivity index (χ4v) is 3.01. The molecule has 2 fully saturated rings. The highest BCUT2D eigenvalue weighted by molar-refractivity contribution is 9.12. The molecule has 0 aromatic heterocycles. The van der Waals surface area contributed by atoms with Crippen molar-refractivity contribution in [1.29, 1.82) is 0 Å². The number of amides is 2. The minimum absolute atomic E-state index is 0.0331. The number of carbonyl (C=O) groups excluding carboxylic acids is 2.